The van der Waals surface area contributed by atoms with Gasteiger partial charge in [-0.05, 0) is 79.7 Å². The number of aliphatic carboxylic acids is 1. The summed E-state index contributed by atoms with van der Waals surface area (Å²) in [5.41, 5.74) is 3.59. The number of carboxylic acid groups (broad SMARTS) is 1. The zero-order valence-electron chi connectivity index (χ0n) is 24.3. The van der Waals surface area contributed by atoms with Crippen LogP contribution in [0.15, 0.2) is 42.5 Å². The lowest BCUT2D eigenvalue weighted by molar-refractivity contribution is -0.152. The molecule has 1 aliphatic heterocycles. The minimum Gasteiger partial charge on any atom is -0.478 e. The highest BCUT2D eigenvalue weighted by Gasteiger charge is 2.34. The van der Waals surface area contributed by atoms with Crippen molar-refractivity contribution in [2.75, 3.05) is 13.6 Å². The number of amides is 2. The SMILES string of the molecule is CCCCc1cc(CCCC2CN(Cc3ccc(C(C)(C)C)cc3)C(=O)N2C)ccc1OC(C)(C)C(=O)O. The fraction of sp³-hybridized carbons (Fsp3) is 0.562. The topological polar surface area (TPSA) is 70.1 Å². The number of likely N-dealkylation sites (N-methyl/N-ethyl adjacent to an activating group) is 1. The minimum absolute atomic E-state index is 0.0966. The van der Waals surface area contributed by atoms with Crippen LogP contribution < -0.4 is 4.74 Å². The Balaban J connectivity index is 1.58. The Bertz CT molecular complexity index is 1100. The predicted molar refractivity (Wildman–Crippen MR) is 153 cm³/mol. The highest BCUT2D eigenvalue weighted by molar-refractivity contribution is 5.77. The van der Waals surface area contributed by atoms with Crippen molar-refractivity contribution >= 4 is 12.0 Å². The van der Waals surface area contributed by atoms with Gasteiger partial charge in [-0.15, -0.1) is 0 Å². The van der Waals surface area contributed by atoms with Crippen molar-refractivity contribution in [3.05, 3.63) is 64.7 Å². The van der Waals surface area contributed by atoms with Crippen molar-refractivity contribution in [2.24, 2.45) is 0 Å². The Morgan fingerprint density at radius 3 is 2.26 bits per heavy atom. The van der Waals surface area contributed by atoms with Gasteiger partial charge in [0.25, 0.3) is 0 Å². The summed E-state index contributed by atoms with van der Waals surface area (Å²) in [5, 5.41) is 9.47. The number of hydrogen-bond donors (Lipinski definition) is 1. The molecule has 1 aliphatic rings. The Hall–Kier alpha value is -3.02. The molecule has 2 aromatic carbocycles. The predicted octanol–water partition coefficient (Wildman–Crippen LogP) is 6.83. The summed E-state index contributed by atoms with van der Waals surface area (Å²) in [6, 6.07) is 15.1. The maximum atomic E-state index is 12.9. The van der Waals surface area contributed by atoms with E-state index in [1.165, 1.54) is 11.1 Å². The summed E-state index contributed by atoms with van der Waals surface area (Å²) >= 11 is 0. The molecule has 2 amide bonds. The van der Waals surface area contributed by atoms with E-state index in [0.717, 1.165) is 56.2 Å². The van der Waals surface area contributed by atoms with Gasteiger partial charge in [-0.3, -0.25) is 0 Å². The number of carbonyl (C=O) groups excluding carboxylic acids is 1. The molecule has 208 valence electrons. The van der Waals surface area contributed by atoms with Crippen LogP contribution in [0, 0.1) is 0 Å². The molecule has 3 rings (SSSR count). The average molecular weight is 523 g/mol. The van der Waals surface area contributed by atoms with Crippen LogP contribution in [-0.4, -0.2) is 52.1 Å². The standard InChI is InChI=1S/C32H46N2O4/c1-8-9-12-25-20-23(16-19-28(25)38-32(5,6)29(35)36)11-10-13-27-22-34(30(37)33(27)7)21-24-14-17-26(18-15-24)31(2,3)4/h14-20,27H,8-13,21-22H2,1-7H3,(H,35,36). The summed E-state index contributed by atoms with van der Waals surface area (Å²) in [6.07, 6.45) is 5.78. The van der Waals surface area contributed by atoms with E-state index >= 15 is 0 Å². The van der Waals surface area contributed by atoms with E-state index in [2.05, 4.69) is 58.0 Å². The lowest BCUT2D eigenvalue weighted by atomic mass is 9.87. The normalized spacial score (nSPS) is 16.3. The lowest BCUT2D eigenvalue weighted by Gasteiger charge is -2.24. The molecule has 0 aliphatic carbocycles. The molecule has 2 aromatic rings. The minimum atomic E-state index is -1.28. The van der Waals surface area contributed by atoms with E-state index in [4.69, 9.17) is 4.74 Å². The molecular weight excluding hydrogens is 476 g/mol. The van der Waals surface area contributed by atoms with E-state index in [1.54, 1.807) is 13.8 Å². The molecule has 1 unspecified atom stereocenters. The molecule has 1 fully saturated rings. The maximum Gasteiger partial charge on any atom is 0.347 e. The summed E-state index contributed by atoms with van der Waals surface area (Å²) in [5.74, 6) is -0.323. The number of carbonyl (C=O) groups is 2. The molecule has 1 N–H and O–H groups in total. The zero-order chi connectivity index (χ0) is 28.1. The Kier molecular flexibility index (Phi) is 9.50. The highest BCUT2D eigenvalue weighted by atomic mass is 16.5. The second kappa shape index (κ2) is 12.2. The van der Waals surface area contributed by atoms with Gasteiger partial charge in [0.1, 0.15) is 5.75 Å². The van der Waals surface area contributed by atoms with Gasteiger partial charge in [-0.1, -0.05) is 70.5 Å². The van der Waals surface area contributed by atoms with E-state index in [0.29, 0.717) is 12.3 Å². The summed E-state index contributed by atoms with van der Waals surface area (Å²) in [4.78, 5) is 28.3. The van der Waals surface area contributed by atoms with Gasteiger partial charge >= 0.3 is 12.0 Å². The first kappa shape index (κ1) is 29.5. The van der Waals surface area contributed by atoms with Crippen LogP contribution in [0.2, 0.25) is 0 Å². The third kappa shape index (κ3) is 7.52. The molecule has 1 atom stereocenters. The van der Waals surface area contributed by atoms with Crippen molar-refractivity contribution < 1.29 is 19.4 Å². The first-order valence-corrected chi connectivity index (χ1v) is 14.0. The van der Waals surface area contributed by atoms with E-state index in [1.807, 2.05) is 29.0 Å². The Labute approximate surface area is 229 Å². The van der Waals surface area contributed by atoms with Crippen molar-refractivity contribution in [1.82, 2.24) is 9.80 Å². The number of carboxylic acids is 1. The lowest BCUT2D eigenvalue weighted by Crippen LogP contribution is -2.38. The van der Waals surface area contributed by atoms with Crippen LogP contribution in [0.5, 0.6) is 5.75 Å². The van der Waals surface area contributed by atoms with E-state index < -0.39 is 11.6 Å². The summed E-state index contributed by atoms with van der Waals surface area (Å²) < 4.78 is 5.89. The van der Waals surface area contributed by atoms with Gasteiger partial charge in [0.05, 0.1) is 6.04 Å². The third-order valence-electron chi connectivity index (χ3n) is 7.55. The molecule has 6 nitrogen and oxygen atoms in total. The summed E-state index contributed by atoms with van der Waals surface area (Å²) in [7, 11) is 1.91. The second-order valence-electron chi connectivity index (χ2n) is 12.2. The molecule has 6 heteroatoms. The van der Waals surface area contributed by atoms with Gasteiger partial charge in [-0.25, -0.2) is 9.59 Å². The molecule has 0 bridgehead atoms. The van der Waals surface area contributed by atoms with Crippen LogP contribution in [-0.2, 0) is 29.6 Å². The largest absolute Gasteiger partial charge is 0.478 e. The van der Waals surface area contributed by atoms with Crippen LogP contribution >= 0.6 is 0 Å². The first-order valence-electron chi connectivity index (χ1n) is 14.0. The Morgan fingerprint density at radius 2 is 1.66 bits per heavy atom. The fourth-order valence-electron chi connectivity index (χ4n) is 4.89. The number of benzene rings is 2. The molecule has 0 saturated carbocycles. The van der Waals surface area contributed by atoms with Gasteiger partial charge in [-0.2, -0.15) is 0 Å². The number of ether oxygens (including phenoxy) is 1. The van der Waals surface area contributed by atoms with Crippen molar-refractivity contribution in [3.63, 3.8) is 0 Å². The van der Waals surface area contributed by atoms with Gasteiger partial charge < -0.3 is 19.6 Å². The number of hydrogen-bond acceptors (Lipinski definition) is 3. The molecule has 1 saturated heterocycles. The van der Waals surface area contributed by atoms with Gasteiger partial charge in [0.15, 0.2) is 5.60 Å². The number of aryl methyl sites for hydroxylation is 2. The average Bonchev–Trinajstić information content (AvgIpc) is 3.11. The molecule has 0 spiro atoms. The van der Waals surface area contributed by atoms with Gasteiger partial charge in [0.2, 0.25) is 0 Å². The van der Waals surface area contributed by atoms with E-state index in [9.17, 15) is 14.7 Å². The molecule has 38 heavy (non-hydrogen) atoms. The van der Waals surface area contributed by atoms with Crippen LogP contribution in [0.25, 0.3) is 0 Å². The molecule has 1 heterocycles. The molecular formula is C32H46N2O4. The quantitative estimate of drug-likeness (QED) is 0.332. The first-order chi connectivity index (χ1) is 17.8. The zero-order valence-corrected chi connectivity index (χ0v) is 24.3. The molecule has 0 aromatic heterocycles. The van der Waals surface area contributed by atoms with Crippen molar-refractivity contribution in [1.29, 1.82) is 0 Å². The van der Waals surface area contributed by atoms with Crippen molar-refractivity contribution in [3.8, 4) is 5.75 Å². The number of urea groups is 1. The third-order valence-corrected chi connectivity index (χ3v) is 7.55. The summed E-state index contributed by atoms with van der Waals surface area (Å²) in [6.45, 7) is 13.3. The monoisotopic (exact) mass is 522 g/mol. The number of rotatable bonds is 12. The van der Waals surface area contributed by atoms with Crippen LogP contribution in [0.1, 0.15) is 89.5 Å². The smallest absolute Gasteiger partial charge is 0.347 e. The fourth-order valence-corrected chi connectivity index (χ4v) is 4.89. The van der Waals surface area contributed by atoms with Gasteiger partial charge in [0, 0.05) is 20.1 Å². The molecule has 0 radical (unpaired) electrons. The van der Waals surface area contributed by atoms with Crippen LogP contribution in [0.3, 0.4) is 0 Å². The van der Waals surface area contributed by atoms with E-state index in [-0.39, 0.29) is 17.5 Å². The maximum absolute atomic E-state index is 12.9. The highest BCUT2D eigenvalue weighted by Crippen LogP contribution is 2.28. The Morgan fingerprint density at radius 1 is 1.00 bits per heavy atom. The van der Waals surface area contributed by atoms with Crippen molar-refractivity contribution in [2.45, 2.75) is 104 Å². The van der Waals surface area contributed by atoms with Crippen LogP contribution in [0.4, 0.5) is 4.79 Å². The second-order valence-corrected chi connectivity index (χ2v) is 12.2. The number of unbranched alkanes of at least 4 members (excludes halogenated alkanes) is 1. The number of nitrogens with zero attached hydrogens (tertiary/aromatic N) is 2.